The number of alkyl halides is 1. The number of rotatable bonds is 14. The fourth-order valence-electron chi connectivity index (χ4n) is 5.05. The molecule has 0 bridgehead atoms. The highest BCUT2D eigenvalue weighted by molar-refractivity contribution is 6.42. The van der Waals surface area contributed by atoms with Gasteiger partial charge in [0.05, 0.1) is 28.7 Å². The van der Waals surface area contributed by atoms with Crippen LogP contribution >= 0.6 is 23.2 Å². The van der Waals surface area contributed by atoms with Crippen molar-refractivity contribution in [3.05, 3.63) is 33.8 Å². The van der Waals surface area contributed by atoms with E-state index >= 15 is 4.39 Å². The van der Waals surface area contributed by atoms with Crippen LogP contribution in [0.1, 0.15) is 76.7 Å². The maximum absolute atomic E-state index is 15.4. The lowest BCUT2D eigenvalue weighted by molar-refractivity contribution is -0.178. The van der Waals surface area contributed by atoms with Crippen LogP contribution in [0.3, 0.4) is 0 Å². The number of halogens is 3. The third-order valence-electron chi connectivity index (χ3n) is 7.05. The largest absolute Gasteiger partial charge is 0.480 e. The third-order valence-corrected chi connectivity index (χ3v) is 7.79. The summed E-state index contributed by atoms with van der Waals surface area (Å²) in [5.41, 5.74) is 4.88. The van der Waals surface area contributed by atoms with E-state index in [1.807, 2.05) is 0 Å². The van der Waals surface area contributed by atoms with Gasteiger partial charge in [0, 0.05) is 12.3 Å². The van der Waals surface area contributed by atoms with Crippen molar-refractivity contribution in [2.24, 2.45) is 17.6 Å². The van der Waals surface area contributed by atoms with E-state index in [-0.39, 0.29) is 19.4 Å². The minimum Gasteiger partial charge on any atom is -0.480 e. The average Bonchev–Trinajstić information content (AvgIpc) is 3.20. The van der Waals surface area contributed by atoms with Crippen molar-refractivity contribution in [3.63, 3.8) is 0 Å². The van der Waals surface area contributed by atoms with Crippen molar-refractivity contribution in [3.8, 4) is 0 Å². The normalized spacial score (nSPS) is 29.6. The molecule has 0 amide bonds. The first-order chi connectivity index (χ1) is 16.1. The summed E-state index contributed by atoms with van der Waals surface area (Å²) in [6, 6.07) is 4.93. The molecule has 3 N–H and O–H groups in total. The van der Waals surface area contributed by atoms with Crippen LogP contribution in [0.5, 0.6) is 0 Å². The summed E-state index contributed by atoms with van der Waals surface area (Å²) in [6.45, 7) is 2.22. The summed E-state index contributed by atoms with van der Waals surface area (Å²) in [4.78, 5) is 24.3. The van der Waals surface area contributed by atoms with Gasteiger partial charge < -0.3 is 20.3 Å². The van der Waals surface area contributed by atoms with Crippen LogP contribution in [-0.4, -0.2) is 34.5 Å². The van der Waals surface area contributed by atoms with Gasteiger partial charge in [-0.3, -0.25) is 9.59 Å². The lowest BCUT2D eigenvalue weighted by Crippen LogP contribution is -2.60. The molecule has 0 heterocycles. The molecule has 0 saturated heterocycles. The van der Waals surface area contributed by atoms with E-state index < -0.39 is 41.3 Å². The summed E-state index contributed by atoms with van der Waals surface area (Å²) >= 11 is 11.9. The summed E-state index contributed by atoms with van der Waals surface area (Å²) in [5, 5.41) is 10.5. The van der Waals surface area contributed by atoms with Gasteiger partial charge in [-0.2, -0.15) is 4.39 Å². The summed E-state index contributed by atoms with van der Waals surface area (Å²) in [7, 11) is 0. The number of aliphatic carboxylic acids is 1. The monoisotopic (exact) mass is 517 g/mol. The van der Waals surface area contributed by atoms with Gasteiger partial charge in [0.25, 0.3) is 5.85 Å². The molecule has 1 aromatic carbocycles. The van der Waals surface area contributed by atoms with E-state index in [2.05, 4.69) is 6.92 Å². The van der Waals surface area contributed by atoms with Gasteiger partial charge in [-0.05, 0) is 30.5 Å². The average molecular weight is 518 g/mol. The Labute approximate surface area is 210 Å². The van der Waals surface area contributed by atoms with Gasteiger partial charge in [-0.25, -0.2) is 0 Å². The molecule has 1 aromatic rings. The number of unbranched alkanes of at least 4 members (excludes halogenated alkanes) is 7. The molecule has 0 unspecified atom stereocenters. The smallest absolute Gasteiger partial charge is 0.326 e. The number of ether oxygens (including phenoxy) is 2. The van der Waals surface area contributed by atoms with E-state index in [9.17, 15) is 14.7 Å². The number of carboxylic acids is 1. The first kappa shape index (κ1) is 27.2. The number of carbonyl (C=O) groups excluding carboxylic acids is 1. The number of nitrogens with two attached hydrogens (primary N) is 1. The van der Waals surface area contributed by atoms with E-state index in [0.29, 0.717) is 22.0 Å². The summed E-state index contributed by atoms with van der Waals surface area (Å²) < 4.78 is 26.3. The van der Waals surface area contributed by atoms with Gasteiger partial charge >= 0.3 is 11.9 Å². The minimum absolute atomic E-state index is 0.0464. The van der Waals surface area contributed by atoms with Gasteiger partial charge in [-0.15, -0.1) is 0 Å². The SMILES string of the molecule is CCCCCCCCCCC(=O)O[C@@]1(F)[C@@H]2C[C@@H](OCc3ccc(Cl)c(Cl)c3)[C@@](N)(C(=O)O)[C@@H]21. The van der Waals surface area contributed by atoms with Gasteiger partial charge in [0.2, 0.25) is 0 Å². The zero-order valence-electron chi connectivity index (χ0n) is 19.5. The van der Waals surface area contributed by atoms with Crippen molar-refractivity contribution in [2.75, 3.05) is 0 Å². The van der Waals surface area contributed by atoms with Crippen LogP contribution in [0.2, 0.25) is 10.0 Å². The second-order valence-electron chi connectivity index (χ2n) is 9.50. The molecule has 34 heavy (non-hydrogen) atoms. The topological polar surface area (TPSA) is 98.9 Å². The highest BCUT2D eigenvalue weighted by Gasteiger charge is 2.84. The van der Waals surface area contributed by atoms with Crippen LogP contribution < -0.4 is 5.73 Å². The Kier molecular flexibility index (Phi) is 9.23. The molecule has 2 fully saturated rings. The molecule has 0 spiro atoms. The Morgan fingerprint density at radius 1 is 1.12 bits per heavy atom. The Bertz CT molecular complexity index is 887. The molecule has 190 valence electrons. The van der Waals surface area contributed by atoms with E-state index in [1.165, 1.54) is 25.7 Å². The van der Waals surface area contributed by atoms with E-state index in [1.54, 1.807) is 18.2 Å². The molecule has 2 aliphatic rings. The summed E-state index contributed by atoms with van der Waals surface area (Å²) in [6.07, 6.45) is 7.78. The fraction of sp³-hybridized carbons (Fsp3) is 0.680. The Morgan fingerprint density at radius 2 is 1.76 bits per heavy atom. The van der Waals surface area contributed by atoms with Gasteiger partial charge in [0.1, 0.15) is 0 Å². The minimum atomic E-state index is -2.35. The highest BCUT2D eigenvalue weighted by Crippen LogP contribution is 2.67. The van der Waals surface area contributed by atoms with Gasteiger partial charge in [0.15, 0.2) is 5.54 Å². The molecule has 3 rings (SSSR count). The van der Waals surface area contributed by atoms with Crippen molar-refractivity contribution < 1.29 is 28.6 Å². The number of esters is 1. The van der Waals surface area contributed by atoms with Crippen LogP contribution in [-0.2, 0) is 25.7 Å². The van der Waals surface area contributed by atoms with Crippen molar-refractivity contribution in [1.82, 2.24) is 0 Å². The quantitative estimate of drug-likeness (QED) is 0.230. The Morgan fingerprint density at radius 3 is 2.38 bits per heavy atom. The predicted octanol–water partition coefficient (Wildman–Crippen LogP) is 6.05. The first-order valence-corrected chi connectivity index (χ1v) is 12.9. The summed E-state index contributed by atoms with van der Waals surface area (Å²) in [5.74, 6) is -6.32. The predicted molar refractivity (Wildman–Crippen MR) is 128 cm³/mol. The van der Waals surface area contributed by atoms with E-state index in [4.69, 9.17) is 38.4 Å². The molecule has 0 aromatic heterocycles. The molecular weight excluding hydrogens is 484 g/mol. The van der Waals surface area contributed by atoms with Crippen LogP contribution in [0, 0.1) is 11.8 Å². The number of benzene rings is 1. The molecule has 9 heteroatoms. The number of fused-ring (bicyclic) bond motifs is 1. The number of hydrogen-bond donors (Lipinski definition) is 2. The van der Waals surface area contributed by atoms with E-state index in [0.717, 1.165) is 19.3 Å². The zero-order chi connectivity index (χ0) is 24.9. The molecule has 5 atom stereocenters. The molecule has 0 radical (unpaired) electrons. The standard InChI is InChI=1S/C25H34Cl2FNO5/c1-2-3-4-5-6-7-8-9-10-21(30)34-25(28)17-14-20(24(29,22(17)25)23(31)32)33-15-16-11-12-18(26)19(27)13-16/h11-13,17,20,22H,2-10,14-15,29H2,1H3,(H,31,32)/t17-,20-,22-,24+,25+/m1/s1. The Hall–Kier alpha value is -1.41. The number of hydrogen-bond acceptors (Lipinski definition) is 5. The van der Waals surface area contributed by atoms with Crippen LogP contribution in [0.4, 0.5) is 4.39 Å². The third kappa shape index (κ3) is 5.86. The zero-order valence-corrected chi connectivity index (χ0v) is 21.0. The van der Waals surface area contributed by atoms with Gasteiger partial charge in [-0.1, -0.05) is 81.1 Å². The number of carbonyl (C=O) groups is 2. The first-order valence-electron chi connectivity index (χ1n) is 12.1. The molecular formula is C25H34Cl2FNO5. The fourth-order valence-corrected chi connectivity index (χ4v) is 5.37. The highest BCUT2D eigenvalue weighted by atomic mass is 35.5. The number of carboxylic acid groups (broad SMARTS) is 1. The van der Waals surface area contributed by atoms with Crippen molar-refractivity contribution in [2.45, 2.75) is 95.2 Å². The van der Waals surface area contributed by atoms with Crippen molar-refractivity contribution in [1.29, 1.82) is 0 Å². The van der Waals surface area contributed by atoms with Crippen LogP contribution in [0.25, 0.3) is 0 Å². The maximum atomic E-state index is 15.4. The lowest BCUT2D eigenvalue weighted by atomic mass is 9.90. The molecule has 2 saturated carbocycles. The maximum Gasteiger partial charge on any atom is 0.326 e. The molecule has 6 nitrogen and oxygen atoms in total. The second kappa shape index (κ2) is 11.5. The Balaban J connectivity index is 1.48. The van der Waals surface area contributed by atoms with Crippen LogP contribution in [0.15, 0.2) is 18.2 Å². The molecule has 0 aliphatic heterocycles. The molecule has 2 aliphatic carbocycles. The second-order valence-corrected chi connectivity index (χ2v) is 10.3. The lowest BCUT2D eigenvalue weighted by Gasteiger charge is -2.32. The van der Waals surface area contributed by atoms with Crippen molar-refractivity contribution >= 4 is 35.1 Å².